The van der Waals surface area contributed by atoms with Crippen LogP contribution in [0.15, 0.2) is 91.1 Å². The summed E-state index contributed by atoms with van der Waals surface area (Å²) in [4.78, 5) is 47.3. The van der Waals surface area contributed by atoms with Crippen LogP contribution < -0.4 is 14.7 Å². The van der Waals surface area contributed by atoms with Crippen LogP contribution in [0.1, 0.15) is 27.7 Å². The fraction of sp³-hybridized carbons (Fsp3) is 0.172. The minimum Gasteiger partial charge on any atom is -0.422 e. The number of para-hydroxylation sites is 2. The van der Waals surface area contributed by atoms with Crippen LogP contribution in [0.25, 0.3) is 0 Å². The number of nitrogens with zero attached hydrogens (tertiary/aromatic N) is 4. The Hall–Kier alpha value is -4.76. The Morgan fingerprint density at radius 3 is 2.29 bits per heavy atom. The van der Waals surface area contributed by atoms with E-state index in [-0.39, 0.29) is 11.8 Å². The predicted molar refractivity (Wildman–Crippen MR) is 138 cm³/mol. The van der Waals surface area contributed by atoms with E-state index in [1.165, 1.54) is 15.8 Å². The lowest BCUT2D eigenvalue weighted by molar-refractivity contribution is -0.126. The Bertz CT molecular complexity index is 1530. The van der Waals surface area contributed by atoms with E-state index in [9.17, 15) is 14.4 Å². The number of ether oxygens (including phenoxy) is 1. The second kappa shape index (κ2) is 9.28. The Morgan fingerprint density at radius 2 is 1.61 bits per heavy atom. The predicted octanol–water partition coefficient (Wildman–Crippen LogP) is 4.00. The number of carbonyl (C=O) groups excluding carboxylic acids is 3. The van der Waals surface area contributed by atoms with Crippen molar-refractivity contribution in [2.75, 3.05) is 9.96 Å². The number of hydrogen-bond donors (Lipinski definition) is 0. The summed E-state index contributed by atoms with van der Waals surface area (Å²) < 4.78 is 6.95. The number of aromatic nitrogens is 2. The van der Waals surface area contributed by atoms with E-state index < -0.39 is 24.0 Å². The molecule has 9 nitrogen and oxygen atoms in total. The standard InChI is InChI=1S/C29H24N4O5/c1-18-8-6-7-11-22(18)32-27(34)24-25(33(38-26(24)28(32)35)20-9-4-3-5-10-20)19-12-14-21(15-13-19)37-29(36)23-16-17-30-31(23)2/h3-17,24-26H,1-2H3/t24-,25+,26+/m1/s1. The van der Waals surface area contributed by atoms with Gasteiger partial charge in [-0.3, -0.25) is 19.1 Å². The van der Waals surface area contributed by atoms with Gasteiger partial charge in [0.15, 0.2) is 6.10 Å². The molecule has 4 aromatic rings. The van der Waals surface area contributed by atoms with Crippen molar-refractivity contribution in [1.82, 2.24) is 9.78 Å². The molecule has 0 bridgehead atoms. The minimum atomic E-state index is -0.963. The molecular formula is C29H24N4O5. The highest BCUT2D eigenvalue weighted by atomic mass is 16.7. The van der Waals surface area contributed by atoms with E-state index >= 15 is 0 Å². The number of aryl methyl sites for hydroxylation is 2. The largest absolute Gasteiger partial charge is 0.422 e. The van der Waals surface area contributed by atoms with Crippen molar-refractivity contribution in [2.24, 2.45) is 13.0 Å². The zero-order valence-electron chi connectivity index (χ0n) is 20.7. The van der Waals surface area contributed by atoms with Crippen LogP contribution in [-0.4, -0.2) is 33.7 Å². The topological polar surface area (TPSA) is 94.0 Å². The molecule has 0 saturated carbocycles. The third kappa shape index (κ3) is 3.84. The maximum Gasteiger partial charge on any atom is 0.361 e. The van der Waals surface area contributed by atoms with Crippen molar-refractivity contribution in [3.8, 4) is 5.75 Å². The second-order valence-electron chi connectivity index (χ2n) is 9.25. The minimum absolute atomic E-state index is 0.315. The molecule has 3 atom stereocenters. The van der Waals surface area contributed by atoms with Crippen LogP contribution in [-0.2, 0) is 21.5 Å². The van der Waals surface area contributed by atoms with Gasteiger partial charge in [-0.25, -0.2) is 14.8 Å². The lowest BCUT2D eigenvalue weighted by Gasteiger charge is -2.29. The summed E-state index contributed by atoms with van der Waals surface area (Å²) in [6.07, 6.45) is 0.559. The van der Waals surface area contributed by atoms with Gasteiger partial charge in [0.05, 0.1) is 17.4 Å². The molecule has 0 spiro atoms. The van der Waals surface area contributed by atoms with Gasteiger partial charge in [0.1, 0.15) is 17.4 Å². The van der Waals surface area contributed by atoms with Crippen molar-refractivity contribution in [1.29, 1.82) is 0 Å². The first kappa shape index (κ1) is 23.6. The highest BCUT2D eigenvalue weighted by molar-refractivity contribution is 6.24. The van der Waals surface area contributed by atoms with Crippen LogP contribution >= 0.6 is 0 Å². The average molecular weight is 509 g/mol. The zero-order valence-corrected chi connectivity index (χ0v) is 20.7. The Kier molecular flexibility index (Phi) is 5.77. The number of imide groups is 1. The van der Waals surface area contributed by atoms with Gasteiger partial charge in [0.25, 0.3) is 5.91 Å². The molecule has 2 fully saturated rings. The number of esters is 1. The molecule has 0 unspecified atom stereocenters. The molecule has 38 heavy (non-hydrogen) atoms. The molecule has 2 aliphatic rings. The van der Waals surface area contributed by atoms with Crippen molar-refractivity contribution in [3.05, 3.63) is 108 Å². The summed E-state index contributed by atoms with van der Waals surface area (Å²) in [7, 11) is 1.66. The maximum atomic E-state index is 13.8. The number of hydroxylamine groups is 1. The molecule has 2 amide bonds. The molecule has 2 aliphatic heterocycles. The van der Waals surface area contributed by atoms with Crippen molar-refractivity contribution in [3.63, 3.8) is 0 Å². The normalized spacial score (nSPS) is 20.6. The van der Waals surface area contributed by atoms with Crippen LogP contribution in [0.4, 0.5) is 11.4 Å². The summed E-state index contributed by atoms with van der Waals surface area (Å²) >= 11 is 0. The van der Waals surface area contributed by atoms with Gasteiger partial charge in [0, 0.05) is 13.2 Å². The van der Waals surface area contributed by atoms with Gasteiger partial charge in [-0.2, -0.15) is 5.10 Å². The van der Waals surface area contributed by atoms with Crippen LogP contribution in [0.5, 0.6) is 5.75 Å². The van der Waals surface area contributed by atoms with E-state index in [0.29, 0.717) is 17.1 Å². The smallest absolute Gasteiger partial charge is 0.361 e. The summed E-state index contributed by atoms with van der Waals surface area (Å²) in [5, 5.41) is 5.63. The average Bonchev–Trinajstić information content (AvgIpc) is 3.60. The van der Waals surface area contributed by atoms with E-state index in [2.05, 4.69) is 5.10 Å². The first-order valence-electron chi connectivity index (χ1n) is 12.2. The fourth-order valence-corrected chi connectivity index (χ4v) is 5.07. The molecular weight excluding hydrogens is 484 g/mol. The molecule has 0 radical (unpaired) electrons. The van der Waals surface area contributed by atoms with Gasteiger partial charge >= 0.3 is 5.97 Å². The molecule has 190 valence electrons. The molecule has 2 saturated heterocycles. The highest BCUT2D eigenvalue weighted by Gasteiger charge is 2.60. The Morgan fingerprint density at radius 1 is 0.895 bits per heavy atom. The summed E-state index contributed by atoms with van der Waals surface area (Å²) in [5.41, 5.74) is 3.17. The fourth-order valence-electron chi connectivity index (χ4n) is 5.07. The number of benzene rings is 3. The van der Waals surface area contributed by atoms with Crippen LogP contribution in [0.3, 0.4) is 0 Å². The van der Waals surface area contributed by atoms with Gasteiger partial charge in [-0.1, -0.05) is 48.5 Å². The third-order valence-electron chi connectivity index (χ3n) is 6.94. The summed E-state index contributed by atoms with van der Waals surface area (Å²) in [6, 6.07) is 24.6. The summed E-state index contributed by atoms with van der Waals surface area (Å²) in [6.45, 7) is 1.87. The van der Waals surface area contributed by atoms with Crippen LogP contribution in [0.2, 0.25) is 0 Å². The first-order valence-corrected chi connectivity index (χ1v) is 12.2. The van der Waals surface area contributed by atoms with Crippen molar-refractivity contribution >= 4 is 29.2 Å². The lowest BCUT2D eigenvalue weighted by Crippen LogP contribution is -2.37. The number of carbonyl (C=O) groups is 3. The quantitative estimate of drug-likeness (QED) is 0.229. The molecule has 0 aliphatic carbocycles. The first-order chi connectivity index (χ1) is 18.4. The Balaban J connectivity index is 1.34. The number of amides is 2. The molecule has 3 heterocycles. The van der Waals surface area contributed by atoms with Crippen molar-refractivity contribution < 1.29 is 24.0 Å². The molecule has 1 aromatic heterocycles. The van der Waals surface area contributed by atoms with E-state index in [4.69, 9.17) is 9.57 Å². The maximum absolute atomic E-state index is 13.8. The number of hydrogen-bond acceptors (Lipinski definition) is 7. The zero-order chi connectivity index (χ0) is 26.4. The monoisotopic (exact) mass is 508 g/mol. The molecule has 6 rings (SSSR count). The van der Waals surface area contributed by atoms with Gasteiger partial charge in [-0.15, -0.1) is 0 Å². The second-order valence-corrected chi connectivity index (χ2v) is 9.25. The van der Waals surface area contributed by atoms with E-state index in [0.717, 1.165) is 16.8 Å². The SMILES string of the molecule is Cc1ccccc1N1C(=O)[C@H]2[C@H](ON(c3ccccc3)[C@H]2c2ccc(OC(=O)c3ccnn3C)cc2)C1=O. The van der Waals surface area contributed by atoms with Crippen LogP contribution in [0, 0.1) is 12.8 Å². The lowest BCUT2D eigenvalue weighted by atomic mass is 9.90. The molecule has 0 N–H and O–H groups in total. The highest BCUT2D eigenvalue weighted by Crippen LogP contribution is 2.48. The Labute approximate surface area is 218 Å². The van der Waals surface area contributed by atoms with Gasteiger partial charge in [-0.05, 0) is 54.4 Å². The third-order valence-corrected chi connectivity index (χ3v) is 6.94. The van der Waals surface area contributed by atoms with E-state index in [1.54, 1.807) is 54.6 Å². The van der Waals surface area contributed by atoms with Gasteiger partial charge in [0.2, 0.25) is 5.91 Å². The van der Waals surface area contributed by atoms with E-state index in [1.807, 2.05) is 49.4 Å². The number of fused-ring (bicyclic) bond motifs is 1. The van der Waals surface area contributed by atoms with Gasteiger partial charge < -0.3 is 4.74 Å². The molecule has 9 heteroatoms. The number of anilines is 2. The van der Waals surface area contributed by atoms with Crippen molar-refractivity contribution in [2.45, 2.75) is 19.1 Å². The number of rotatable bonds is 5. The summed E-state index contributed by atoms with van der Waals surface area (Å²) in [5.74, 6) is -1.65. The molecule has 3 aromatic carbocycles.